The normalized spacial score (nSPS) is 12.9. The summed E-state index contributed by atoms with van der Waals surface area (Å²) < 4.78 is 6.86. The van der Waals surface area contributed by atoms with Gasteiger partial charge in [-0.2, -0.15) is 5.11 Å². The highest BCUT2D eigenvalue weighted by Gasteiger charge is 2.21. The number of ether oxygens (including phenoxy) is 1. The van der Waals surface area contributed by atoms with Gasteiger partial charge in [0.05, 0.1) is 18.5 Å². The van der Waals surface area contributed by atoms with Gasteiger partial charge < -0.3 is 10.5 Å². The van der Waals surface area contributed by atoms with Crippen LogP contribution in [0.1, 0.15) is 11.1 Å². The lowest BCUT2D eigenvalue weighted by atomic mass is 9.90. The van der Waals surface area contributed by atoms with Gasteiger partial charge in [0.1, 0.15) is 5.75 Å². The maximum atomic E-state index is 6.11. The highest BCUT2D eigenvalue weighted by Crippen LogP contribution is 2.35. The van der Waals surface area contributed by atoms with E-state index in [0.717, 1.165) is 35.4 Å². The molecule has 0 radical (unpaired) electrons. The topological polar surface area (TPSA) is 90.2 Å². The van der Waals surface area contributed by atoms with E-state index in [4.69, 9.17) is 15.5 Å². The molecule has 0 fully saturated rings. The molecule has 7 heteroatoms. The minimum Gasteiger partial charge on any atom is -0.497 e. The van der Waals surface area contributed by atoms with Crippen molar-refractivity contribution in [2.24, 2.45) is 10.2 Å². The number of nitrogens with zero attached hydrogens (tertiary/aromatic N) is 5. The monoisotopic (exact) mass is 370 g/mol. The highest BCUT2D eigenvalue weighted by molar-refractivity contribution is 5.79. The number of azo groups is 1. The third kappa shape index (κ3) is 2.68. The summed E-state index contributed by atoms with van der Waals surface area (Å²) >= 11 is 0. The van der Waals surface area contributed by atoms with Crippen molar-refractivity contribution in [1.82, 2.24) is 14.6 Å². The molecule has 0 saturated heterocycles. The number of aryl methyl sites for hydroxylation is 2. The van der Waals surface area contributed by atoms with E-state index < -0.39 is 0 Å². The number of anilines is 1. The zero-order valence-corrected chi connectivity index (χ0v) is 15.3. The van der Waals surface area contributed by atoms with Crippen LogP contribution < -0.4 is 10.5 Å². The minimum absolute atomic E-state index is 0.306. The first kappa shape index (κ1) is 16.4. The molecule has 138 valence electrons. The van der Waals surface area contributed by atoms with Gasteiger partial charge in [0.2, 0.25) is 0 Å². The van der Waals surface area contributed by atoms with Gasteiger partial charge in [-0.05, 0) is 48.2 Å². The smallest absolute Gasteiger partial charge is 0.185 e. The van der Waals surface area contributed by atoms with Gasteiger partial charge in [-0.25, -0.2) is 9.50 Å². The van der Waals surface area contributed by atoms with Crippen LogP contribution in [0.2, 0.25) is 0 Å². The molecule has 4 aromatic rings. The SMILES string of the molecule is COc1ccc(N=Nc2c(N)nn3cc4c(nc23)-c2ccccc2CC4)cc1. The Morgan fingerprint density at radius 2 is 1.79 bits per heavy atom. The number of aromatic nitrogens is 3. The molecule has 1 aliphatic carbocycles. The molecule has 2 aromatic carbocycles. The molecule has 7 nitrogen and oxygen atoms in total. The number of benzene rings is 2. The lowest BCUT2D eigenvalue weighted by Gasteiger charge is -2.18. The number of methoxy groups -OCH3 is 1. The first-order chi connectivity index (χ1) is 13.7. The maximum absolute atomic E-state index is 6.11. The van der Waals surface area contributed by atoms with E-state index in [1.807, 2.05) is 36.5 Å². The Kier molecular flexibility index (Phi) is 3.79. The Bertz CT molecular complexity index is 1210. The molecule has 5 rings (SSSR count). The van der Waals surface area contributed by atoms with Crippen molar-refractivity contribution in [1.29, 1.82) is 0 Å². The van der Waals surface area contributed by atoms with Gasteiger partial charge in [-0.1, -0.05) is 24.3 Å². The number of hydrogen-bond donors (Lipinski definition) is 1. The van der Waals surface area contributed by atoms with Crippen molar-refractivity contribution in [2.75, 3.05) is 12.8 Å². The predicted octanol–water partition coefficient (Wildman–Crippen LogP) is 4.50. The second-order valence-electron chi connectivity index (χ2n) is 6.67. The molecule has 0 spiro atoms. The lowest BCUT2D eigenvalue weighted by molar-refractivity contribution is 0.415. The molecular weight excluding hydrogens is 352 g/mol. The van der Waals surface area contributed by atoms with Crippen LogP contribution in [-0.4, -0.2) is 21.7 Å². The Morgan fingerprint density at radius 1 is 1.00 bits per heavy atom. The molecule has 0 saturated carbocycles. The van der Waals surface area contributed by atoms with Crippen molar-refractivity contribution >= 4 is 22.8 Å². The predicted molar refractivity (Wildman–Crippen MR) is 107 cm³/mol. The van der Waals surface area contributed by atoms with Crippen LogP contribution in [0.25, 0.3) is 16.9 Å². The largest absolute Gasteiger partial charge is 0.497 e. The minimum atomic E-state index is 0.306. The van der Waals surface area contributed by atoms with Gasteiger partial charge in [0.15, 0.2) is 17.2 Å². The first-order valence-corrected chi connectivity index (χ1v) is 9.05. The number of nitrogen functional groups attached to an aromatic ring is 1. The summed E-state index contributed by atoms with van der Waals surface area (Å²) in [5.74, 6) is 1.07. The average molecular weight is 370 g/mol. The van der Waals surface area contributed by atoms with E-state index >= 15 is 0 Å². The lowest BCUT2D eigenvalue weighted by Crippen LogP contribution is -2.08. The van der Waals surface area contributed by atoms with Crippen LogP contribution in [0.3, 0.4) is 0 Å². The molecular formula is C21H18N6O. The number of rotatable bonds is 3. The maximum Gasteiger partial charge on any atom is 0.185 e. The molecule has 0 amide bonds. The van der Waals surface area contributed by atoms with Gasteiger partial charge in [-0.3, -0.25) is 0 Å². The van der Waals surface area contributed by atoms with Gasteiger partial charge in [0, 0.05) is 11.8 Å². The standard InChI is InChI=1S/C21H18N6O/c1-28-16-10-8-15(9-11-16)24-25-19-20(22)26-27-12-14-7-6-13-4-2-3-5-17(13)18(14)23-21(19)27/h2-5,8-12H,6-7H2,1H3,(H2,22,26). The summed E-state index contributed by atoms with van der Waals surface area (Å²) in [5.41, 5.74) is 12.5. The molecule has 2 N–H and O–H groups in total. The van der Waals surface area contributed by atoms with Crippen LogP contribution in [0.4, 0.5) is 17.2 Å². The molecule has 2 aromatic heterocycles. The van der Waals surface area contributed by atoms with Gasteiger partial charge >= 0.3 is 0 Å². The van der Waals surface area contributed by atoms with Crippen LogP contribution in [0.15, 0.2) is 65.0 Å². The fourth-order valence-electron chi connectivity index (χ4n) is 3.52. The number of fused-ring (bicyclic) bond motifs is 4. The Labute approximate surface area is 161 Å². The van der Waals surface area contributed by atoms with Crippen LogP contribution in [0, 0.1) is 0 Å². The van der Waals surface area contributed by atoms with Crippen LogP contribution in [0.5, 0.6) is 5.75 Å². The summed E-state index contributed by atoms with van der Waals surface area (Å²) in [6.07, 6.45) is 3.92. The zero-order chi connectivity index (χ0) is 19.1. The summed E-state index contributed by atoms with van der Waals surface area (Å²) in [5, 5.41) is 13.0. The summed E-state index contributed by atoms with van der Waals surface area (Å²) in [6, 6.07) is 15.7. The van der Waals surface area contributed by atoms with Crippen molar-refractivity contribution in [2.45, 2.75) is 12.8 Å². The van der Waals surface area contributed by atoms with E-state index in [9.17, 15) is 0 Å². The van der Waals surface area contributed by atoms with Crippen molar-refractivity contribution in [3.63, 3.8) is 0 Å². The molecule has 1 aliphatic rings. The molecule has 28 heavy (non-hydrogen) atoms. The molecule has 0 aliphatic heterocycles. The van der Waals surface area contributed by atoms with Gasteiger partial charge in [0.25, 0.3) is 0 Å². The Balaban J connectivity index is 1.60. The summed E-state index contributed by atoms with van der Waals surface area (Å²) in [6.45, 7) is 0. The van der Waals surface area contributed by atoms with E-state index in [1.54, 1.807) is 11.6 Å². The summed E-state index contributed by atoms with van der Waals surface area (Å²) in [4.78, 5) is 4.86. The first-order valence-electron chi connectivity index (χ1n) is 9.05. The molecule has 2 heterocycles. The number of nitrogens with two attached hydrogens (primary N) is 1. The van der Waals surface area contributed by atoms with Gasteiger partial charge in [-0.15, -0.1) is 10.2 Å². The van der Waals surface area contributed by atoms with Crippen LogP contribution in [-0.2, 0) is 12.8 Å². The quantitative estimate of drug-likeness (QED) is 0.538. The van der Waals surface area contributed by atoms with E-state index in [2.05, 4.69) is 33.5 Å². The third-order valence-electron chi connectivity index (χ3n) is 4.96. The third-order valence-corrected chi connectivity index (χ3v) is 4.96. The zero-order valence-electron chi connectivity index (χ0n) is 15.3. The molecule has 0 atom stereocenters. The Morgan fingerprint density at radius 3 is 2.61 bits per heavy atom. The highest BCUT2D eigenvalue weighted by atomic mass is 16.5. The van der Waals surface area contributed by atoms with Crippen LogP contribution >= 0.6 is 0 Å². The second-order valence-corrected chi connectivity index (χ2v) is 6.67. The molecule has 0 bridgehead atoms. The fraction of sp³-hybridized carbons (Fsp3) is 0.143. The van der Waals surface area contributed by atoms with Crippen molar-refractivity contribution < 1.29 is 4.74 Å². The Hall–Kier alpha value is -3.74. The number of hydrogen-bond acceptors (Lipinski definition) is 6. The van der Waals surface area contributed by atoms with Crippen molar-refractivity contribution in [3.8, 4) is 17.0 Å². The van der Waals surface area contributed by atoms with E-state index in [0.29, 0.717) is 22.8 Å². The second kappa shape index (κ2) is 6.45. The molecule has 0 unspecified atom stereocenters. The average Bonchev–Trinajstić information content (AvgIpc) is 3.05. The summed E-state index contributed by atoms with van der Waals surface area (Å²) in [7, 11) is 1.63. The van der Waals surface area contributed by atoms with E-state index in [-0.39, 0.29) is 0 Å². The van der Waals surface area contributed by atoms with E-state index in [1.165, 1.54) is 5.56 Å². The van der Waals surface area contributed by atoms with Crippen molar-refractivity contribution in [3.05, 3.63) is 65.9 Å². The fourth-order valence-corrected chi connectivity index (χ4v) is 3.52.